The van der Waals surface area contributed by atoms with Gasteiger partial charge in [-0.1, -0.05) is 12.1 Å². The quantitative estimate of drug-likeness (QED) is 0.923. The van der Waals surface area contributed by atoms with Crippen LogP contribution >= 0.6 is 11.3 Å². The Labute approximate surface area is 126 Å². The number of benzene rings is 1. The Morgan fingerprint density at radius 1 is 1.43 bits per heavy atom. The van der Waals surface area contributed by atoms with E-state index in [1.165, 1.54) is 0 Å². The summed E-state index contributed by atoms with van der Waals surface area (Å²) < 4.78 is 6.05. The van der Waals surface area contributed by atoms with Crippen LogP contribution in [0.15, 0.2) is 35.8 Å². The number of rotatable bonds is 2. The van der Waals surface area contributed by atoms with Crippen LogP contribution in [0.2, 0.25) is 0 Å². The summed E-state index contributed by atoms with van der Waals surface area (Å²) in [7, 11) is 0. The van der Waals surface area contributed by atoms with Gasteiger partial charge < -0.3 is 10.1 Å². The van der Waals surface area contributed by atoms with E-state index >= 15 is 0 Å². The van der Waals surface area contributed by atoms with Crippen molar-refractivity contribution in [1.29, 1.82) is 0 Å². The van der Waals surface area contributed by atoms with Crippen molar-refractivity contribution in [1.82, 2.24) is 9.88 Å². The number of hydrogen-bond donors (Lipinski definition) is 1. The molecule has 1 saturated heterocycles. The van der Waals surface area contributed by atoms with E-state index in [0.29, 0.717) is 6.54 Å². The van der Waals surface area contributed by atoms with Gasteiger partial charge in [-0.05, 0) is 12.1 Å². The second-order valence-electron chi connectivity index (χ2n) is 5.33. The molecule has 1 aromatic heterocycles. The van der Waals surface area contributed by atoms with Crippen molar-refractivity contribution < 1.29 is 9.53 Å². The molecule has 0 spiro atoms. The molecule has 0 saturated carbocycles. The van der Waals surface area contributed by atoms with Crippen LogP contribution in [-0.4, -0.2) is 34.5 Å². The van der Waals surface area contributed by atoms with Crippen LogP contribution in [-0.2, 0) is 11.3 Å². The number of hydrogen-bond acceptors (Lipinski definition) is 5. The van der Waals surface area contributed by atoms with Crippen LogP contribution in [0.5, 0.6) is 5.75 Å². The van der Waals surface area contributed by atoms with Gasteiger partial charge in [0.25, 0.3) is 0 Å². The molecule has 108 valence electrons. The molecule has 0 radical (unpaired) electrons. The standard InChI is InChI=1S/C15H15N3O2S/c19-15-12-7-10(8-18(12)9-14-16-5-6-21-14)20-13-4-2-1-3-11(13)17-15/h1-6,10,12H,7-9H2,(H,17,19)/t10-,12-/m0/s1. The third-order valence-corrected chi connectivity index (χ3v) is 4.69. The van der Waals surface area contributed by atoms with Crippen LogP contribution in [0.1, 0.15) is 11.4 Å². The van der Waals surface area contributed by atoms with Crippen LogP contribution in [0.4, 0.5) is 5.69 Å². The predicted octanol–water partition coefficient (Wildman–Crippen LogP) is 2.12. The van der Waals surface area contributed by atoms with Crippen molar-refractivity contribution in [2.45, 2.75) is 25.1 Å². The van der Waals surface area contributed by atoms with Gasteiger partial charge in [0.1, 0.15) is 16.9 Å². The summed E-state index contributed by atoms with van der Waals surface area (Å²) in [5.74, 6) is 0.801. The molecule has 2 aromatic rings. The van der Waals surface area contributed by atoms with Gasteiger partial charge in [-0.3, -0.25) is 9.69 Å². The molecule has 21 heavy (non-hydrogen) atoms. The normalized spacial score (nSPS) is 24.7. The van der Waals surface area contributed by atoms with Crippen molar-refractivity contribution in [2.75, 3.05) is 11.9 Å². The highest BCUT2D eigenvalue weighted by Gasteiger charge is 2.40. The number of para-hydroxylation sites is 2. The number of anilines is 1. The summed E-state index contributed by atoms with van der Waals surface area (Å²) >= 11 is 1.62. The largest absolute Gasteiger partial charge is 0.487 e. The number of carbonyl (C=O) groups excluding carboxylic acids is 1. The number of carbonyl (C=O) groups is 1. The molecule has 5 nitrogen and oxygen atoms in total. The topological polar surface area (TPSA) is 54.5 Å². The van der Waals surface area contributed by atoms with Gasteiger partial charge in [0.2, 0.25) is 5.91 Å². The van der Waals surface area contributed by atoms with Gasteiger partial charge in [0.15, 0.2) is 0 Å². The first-order chi connectivity index (χ1) is 10.3. The van der Waals surface area contributed by atoms with E-state index in [9.17, 15) is 4.79 Å². The first-order valence-electron chi connectivity index (χ1n) is 6.98. The lowest BCUT2D eigenvalue weighted by Crippen LogP contribution is -2.39. The van der Waals surface area contributed by atoms with Gasteiger partial charge in [-0.2, -0.15) is 0 Å². The maximum Gasteiger partial charge on any atom is 0.241 e. The average molecular weight is 301 g/mol. The van der Waals surface area contributed by atoms with Crippen molar-refractivity contribution in [3.8, 4) is 5.75 Å². The summed E-state index contributed by atoms with van der Waals surface area (Å²) in [6, 6.07) is 7.46. The number of nitrogens with one attached hydrogen (secondary N) is 1. The summed E-state index contributed by atoms with van der Waals surface area (Å²) in [6.07, 6.45) is 2.58. The molecule has 4 rings (SSSR count). The first-order valence-corrected chi connectivity index (χ1v) is 7.86. The second-order valence-corrected chi connectivity index (χ2v) is 6.31. The number of thiazole rings is 1. The molecule has 1 aromatic carbocycles. The molecule has 1 fully saturated rings. The van der Waals surface area contributed by atoms with E-state index in [4.69, 9.17) is 4.74 Å². The Hall–Kier alpha value is -1.92. The zero-order valence-corrected chi connectivity index (χ0v) is 12.2. The number of likely N-dealkylation sites (tertiary alicyclic amines) is 1. The van der Waals surface area contributed by atoms with Crippen molar-refractivity contribution in [3.05, 3.63) is 40.8 Å². The minimum atomic E-state index is -0.146. The molecule has 2 aliphatic heterocycles. The maximum atomic E-state index is 12.5. The van der Waals surface area contributed by atoms with E-state index in [-0.39, 0.29) is 18.1 Å². The summed E-state index contributed by atoms with van der Waals surface area (Å²) in [6.45, 7) is 1.46. The zero-order chi connectivity index (χ0) is 14.2. The third-order valence-electron chi connectivity index (χ3n) is 3.93. The molecule has 2 bridgehead atoms. The molecule has 1 amide bonds. The molecule has 1 N–H and O–H groups in total. The Morgan fingerprint density at radius 3 is 3.19 bits per heavy atom. The molecular formula is C15H15N3O2S. The highest BCUT2D eigenvalue weighted by atomic mass is 32.1. The Balaban J connectivity index is 1.60. The number of ether oxygens (including phenoxy) is 1. The third kappa shape index (κ3) is 2.41. The fourth-order valence-corrected chi connectivity index (χ4v) is 3.61. The summed E-state index contributed by atoms with van der Waals surface area (Å²) in [5, 5.41) is 5.97. The van der Waals surface area contributed by atoms with E-state index in [0.717, 1.165) is 29.4 Å². The lowest BCUT2D eigenvalue weighted by atomic mass is 10.1. The second kappa shape index (κ2) is 5.13. The number of fused-ring (bicyclic) bond motifs is 3. The van der Waals surface area contributed by atoms with Crippen LogP contribution in [0.25, 0.3) is 0 Å². The van der Waals surface area contributed by atoms with Crippen molar-refractivity contribution in [3.63, 3.8) is 0 Å². The van der Waals surface area contributed by atoms with Gasteiger partial charge >= 0.3 is 0 Å². The molecule has 0 aliphatic carbocycles. The maximum absolute atomic E-state index is 12.5. The van der Waals surface area contributed by atoms with Gasteiger partial charge in [0.05, 0.1) is 18.3 Å². The molecular weight excluding hydrogens is 286 g/mol. The van der Waals surface area contributed by atoms with Crippen LogP contribution < -0.4 is 10.1 Å². The van der Waals surface area contributed by atoms with E-state index < -0.39 is 0 Å². The van der Waals surface area contributed by atoms with E-state index in [1.807, 2.05) is 29.6 Å². The van der Waals surface area contributed by atoms with E-state index in [1.54, 1.807) is 17.5 Å². The number of nitrogens with zero attached hydrogens (tertiary/aromatic N) is 2. The fraction of sp³-hybridized carbons (Fsp3) is 0.333. The number of aromatic nitrogens is 1. The smallest absolute Gasteiger partial charge is 0.241 e. The molecule has 0 unspecified atom stereocenters. The minimum Gasteiger partial charge on any atom is -0.487 e. The minimum absolute atomic E-state index is 0.0461. The molecule has 2 atom stereocenters. The Morgan fingerprint density at radius 2 is 2.33 bits per heavy atom. The highest BCUT2D eigenvalue weighted by molar-refractivity contribution is 7.09. The van der Waals surface area contributed by atoms with Crippen molar-refractivity contribution in [2.24, 2.45) is 0 Å². The number of amides is 1. The lowest BCUT2D eigenvalue weighted by Gasteiger charge is -2.22. The van der Waals surface area contributed by atoms with E-state index in [2.05, 4.69) is 15.2 Å². The monoisotopic (exact) mass is 301 g/mol. The highest BCUT2D eigenvalue weighted by Crippen LogP contribution is 2.33. The predicted molar refractivity (Wildman–Crippen MR) is 80.4 cm³/mol. The van der Waals surface area contributed by atoms with Gasteiger partial charge in [-0.15, -0.1) is 11.3 Å². The summed E-state index contributed by atoms with van der Waals surface area (Å²) in [5.41, 5.74) is 0.758. The lowest BCUT2D eigenvalue weighted by molar-refractivity contribution is -0.120. The van der Waals surface area contributed by atoms with Gasteiger partial charge in [0, 0.05) is 24.5 Å². The Bertz CT molecular complexity index is 659. The molecule has 6 heteroatoms. The van der Waals surface area contributed by atoms with Crippen molar-refractivity contribution >= 4 is 22.9 Å². The average Bonchev–Trinajstić information content (AvgIpc) is 3.10. The SMILES string of the molecule is O=C1Nc2ccccc2O[C@H]2C[C@@H]1N(Cc1nccs1)C2. The fourth-order valence-electron chi connectivity index (χ4n) is 2.97. The van der Waals surface area contributed by atoms with Gasteiger partial charge in [-0.25, -0.2) is 4.98 Å². The zero-order valence-electron chi connectivity index (χ0n) is 11.4. The summed E-state index contributed by atoms with van der Waals surface area (Å²) in [4.78, 5) is 19.0. The first kappa shape index (κ1) is 12.8. The molecule has 3 heterocycles. The van der Waals surface area contributed by atoms with Crippen LogP contribution in [0.3, 0.4) is 0 Å². The Kier molecular flexibility index (Phi) is 3.12. The van der Waals surface area contributed by atoms with Crippen LogP contribution in [0, 0.1) is 0 Å². The molecule has 2 aliphatic rings.